The van der Waals surface area contributed by atoms with Crippen LogP contribution in [0.25, 0.3) is 16.9 Å². The van der Waals surface area contributed by atoms with Crippen LogP contribution in [0.5, 0.6) is 17.2 Å². The summed E-state index contributed by atoms with van der Waals surface area (Å²) in [7, 11) is -0.854. The topological polar surface area (TPSA) is 117 Å². The van der Waals surface area contributed by atoms with Gasteiger partial charge in [-0.3, -0.25) is 0 Å². The zero-order chi connectivity index (χ0) is 26.6. The molecule has 0 spiro atoms. The molecule has 3 aromatic carbocycles. The highest BCUT2D eigenvalue weighted by molar-refractivity contribution is 7.89. The van der Waals surface area contributed by atoms with Gasteiger partial charge in [-0.05, 0) is 55.4 Å². The number of para-hydroxylation sites is 1. The van der Waals surface area contributed by atoms with E-state index in [2.05, 4.69) is 10.4 Å². The van der Waals surface area contributed by atoms with Crippen LogP contribution in [0.15, 0.2) is 77.8 Å². The Bertz CT molecular complexity index is 1500. The highest BCUT2D eigenvalue weighted by atomic mass is 32.2. The highest BCUT2D eigenvalue weighted by Gasteiger charge is 2.27. The van der Waals surface area contributed by atoms with E-state index in [-0.39, 0.29) is 22.8 Å². The number of rotatable bonds is 10. The molecule has 0 atom stereocenters. The summed E-state index contributed by atoms with van der Waals surface area (Å²) in [5, 5.41) is 28.6. The predicted octanol–water partition coefficient (Wildman–Crippen LogP) is 3.68. The molecule has 3 N–H and O–H groups in total. The lowest BCUT2D eigenvalue weighted by atomic mass is 10.1. The van der Waals surface area contributed by atoms with Crippen molar-refractivity contribution < 1.29 is 23.4 Å². The molecule has 0 aliphatic rings. The minimum absolute atomic E-state index is 0.0579. The van der Waals surface area contributed by atoms with Gasteiger partial charge in [0.25, 0.3) is 0 Å². The van der Waals surface area contributed by atoms with Gasteiger partial charge >= 0.3 is 0 Å². The first-order valence-corrected chi connectivity index (χ1v) is 13.2. The maximum Gasteiger partial charge on any atom is 0.246 e. The molecule has 1 aromatic heterocycles. The lowest BCUT2D eigenvalue weighted by Crippen LogP contribution is -2.26. The van der Waals surface area contributed by atoms with Gasteiger partial charge in [-0.15, -0.1) is 0 Å². The molecule has 9 nitrogen and oxygen atoms in total. The number of hydrogen-bond donors (Lipinski definition) is 3. The molecule has 4 rings (SSSR count). The van der Waals surface area contributed by atoms with Gasteiger partial charge in [0.1, 0.15) is 28.8 Å². The molecular formula is C27H30N4O5S. The second-order valence-corrected chi connectivity index (χ2v) is 10.6. The number of likely N-dealkylation sites (N-methyl/N-ethyl adjacent to an activating group) is 1. The Kier molecular flexibility index (Phi) is 7.82. The second-order valence-electron chi connectivity index (χ2n) is 8.61. The number of phenolic OH excluding ortho intramolecular Hbond substituents is 2. The number of hydrogen-bond acceptors (Lipinski definition) is 7. The van der Waals surface area contributed by atoms with E-state index in [0.29, 0.717) is 24.6 Å². The summed E-state index contributed by atoms with van der Waals surface area (Å²) in [5.74, 6) is -0.169. The van der Waals surface area contributed by atoms with Crippen LogP contribution in [0.1, 0.15) is 11.1 Å². The number of phenols is 2. The summed E-state index contributed by atoms with van der Waals surface area (Å²) in [6, 6.07) is 18.8. The number of aromatic nitrogens is 2. The number of sulfonamides is 1. The van der Waals surface area contributed by atoms with Gasteiger partial charge in [0.05, 0.1) is 17.6 Å². The van der Waals surface area contributed by atoms with Crippen LogP contribution in [-0.4, -0.2) is 60.0 Å². The molecule has 0 radical (unpaired) electrons. The van der Waals surface area contributed by atoms with Gasteiger partial charge in [0.2, 0.25) is 10.0 Å². The number of benzene rings is 3. The Morgan fingerprint density at radius 3 is 2.57 bits per heavy atom. The van der Waals surface area contributed by atoms with Crippen molar-refractivity contribution in [3.8, 4) is 34.2 Å². The van der Waals surface area contributed by atoms with Crippen LogP contribution < -0.4 is 10.1 Å². The van der Waals surface area contributed by atoms with E-state index >= 15 is 0 Å². The Morgan fingerprint density at radius 1 is 1.03 bits per heavy atom. The third kappa shape index (κ3) is 5.61. The van der Waals surface area contributed by atoms with Crippen molar-refractivity contribution in [2.24, 2.45) is 0 Å². The van der Waals surface area contributed by atoms with Crippen LogP contribution in [0.4, 0.5) is 0 Å². The third-order valence-electron chi connectivity index (χ3n) is 5.95. The summed E-state index contributed by atoms with van der Waals surface area (Å²) in [5.41, 5.74) is 3.18. The number of ether oxygens (including phenoxy) is 1. The summed E-state index contributed by atoms with van der Waals surface area (Å²) in [6.07, 6.45) is 1.57. The molecule has 0 fully saturated rings. The number of aromatic hydroxyl groups is 2. The summed E-state index contributed by atoms with van der Waals surface area (Å²) in [6.45, 7) is 3.16. The van der Waals surface area contributed by atoms with Crippen molar-refractivity contribution in [3.05, 3.63) is 84.1 Å². The smallest absolute Gasteiger partial charge is 0.246 e. The molecule has 0 aliphatic carbocycles. The fourth-order valence-electron chi connectivity index (χ4n) is 3.98. The van der Waals surface area contributed by atoms with Crippen molar-refractivity contribution in [1.82, 2.24) is 19.4 Å². The molecule has 37 heavy (non-hydrogen) atoms. The van der Waals surface area contributed by atoms with Crippen LogP contribution in [0.2, 0.25) is 0 Å². The van der Waals surface area contributed by atoms with Gasteiger partial charge in [-0.25, -0.2) is 13.1 Å². The number of nitrogens with one attached hydrogen (secondary N) is 1. The van der Waals surface area contributed by atoms with E-state index in [1.54, 1.807) is 35.1 Å². The van der Waals surface area contributed by atoms with Gasteiger partial charge in [-0.2, -0.15) is 9.40 Å². The molecule has 0 aliphatic heterocycles. The minimum atomic E-state index is -4.13. The number of aryl methyl sites for hydroxylation is 1. The standard InChI is InChI=1S/C27H30N4O5S/c1-19-7-4-5-10-23(19)31-24(11-12-29-31)22-16-27(26(33)17-25(22)32)37(34,35)30(3)18-20-8-6-9-21(15-20)36-14-13-28-2/h4-12,15-17,28,32-33H,13-14,18H2,1-3H3. The summed E-state index contributed by atoms with van der Waals surface area (Å²) in [4.78, 5) is -0.318. The van der Waals surface area contributed by atoms with E-state index < -0.39 is 15.8 Å². The molecule has 0 bridgehead atoms. The fraction of sp³-hybridized carbons (Fsp3) is 0.222. The first kappa shape index (κ1) is 26.2. The van der Waals surface area contributed by atoms with E-state index in [9.17, 15) is 18.6 Å². The number of nitrogens with zero attached hydrogens (tertiary/aromatic N) is 3. The Morgan fingerprint density at radius 2 is 1.81 bits per heavy atom. The molecule has 4 aromatic rings. The first-order chi connectivity index (χ1) is 17.7. The van der Waals surface area contributed by atoms with Crippen LogP contribution in [-0.2, 0) is 16.6 Å². The minimum Gasteiger partial charge on any atom is -0.507 e. The van der Waals surface area contributed by atoms with E-state index in [0.717, 1.165) is 27.2 Å². The first-order valence-electron chi connectivity index (χ1n) is 11.7. The summed E-state index contributed by atoms with van der Waals surface area (Å²) < 4.78 is 35.5. The maximum absolute atomic E-state index is 13.5. The lowest BCUT2D eigenvalue weighted by Gasteiger charge is -2.20. The van der Waals surface area contributed by atoms with Crippen molar-refractivity contribution in [3.63, 3.8) is 0 Å². The summed E-state index contributed by atoms with van der Waals surface area (Å²) >= 11 is 0. The zero-order valence-electron chi connectivity index (χ0n) is 20.9. The monoisotopic (exact) mass is 522 g/mol. The van der Waals surface area contributed by atoms with Crippen LogP contribution >= 0.6 is 0 Å². The Labute approximate surface area is 216 Å². The molecule has 1 heterocycles. The van der Waals surface area contributed by atoms with E-state index in [1.165, 1.54) is 13.1 Å². The molecule has 0 amide bonds. The van der Waals surface area contributed by atoms with Crippen molar-refractivity contribution >= 4 is 10.0 Å². The van der Waals surface area contributed by atoms with Crippen LogP contribution in [0, 0.1) is 6.92 Å². The van der Waals surface area contributed by atoms with Gasteiger partial charge in [-0.1, -0.05) is 30.3 Å². The highest BCUT2D eigenvalue weighted by Crippen LogP contribution is 2.39. The molecule has 194 valence electrons. The SMILES string of the molecule is CNCCOc1cccc(CN(C)S(=O)(=O)c2cc(-c3ccnn3-c3ccccc3C)c(O)cc2O)c1. The van der Waals surface area contributed by atoms with Crippen LogP contribution in [0.3, 0.4) is 0 Å². The Balaban J connectivity index is 1.66. The van der Waals surface area contributed by atoms with Gasteiger partial charge in [0.15, 0.2) is 0 Å². The van der Waals surface area contributed by atoms with Gasteiger partial charge in [0, 0.05) is 31.8 Å². The third-order valence-corrected chi connectivity index (χ3v) is 7.78. The largest absolute Gasteiger partial charge is 0.507 e. The maximum atomic E-state index is 13.5. The molecule has 10 heteroatoms. The predicted molar refractivity (Wildman–Crippen MR) is 142 cm³/mol. The Hall–Kier alpha value is -3.86. The van der Waals surface area contributed by atoms with Gasteiger partial charge < -0.3 is 20.3 Å². The molecule has 0 saturated carbocycles. The zero-order valence-corrected chi connectivity index (χ0v) is 21.7. The molecular weight excluding hydrogens is 492 g/mol. The quantitative estimate of drug-likeness (QED) is 0.272. The normalized spacial score (nSPS) is 11.7. The van der Waals surface area contributed by atoms with E-state index in [1.807, 2.05) is 44.3 Å². The van der Waals surface area contributed by atoms with Crippen molar-refractivity contribution in [1.29, 1.82) is 0 Å². The lowest BCUT2D eigenvalue weighted by molar-refractivity contribution is 0.317. The fourth-order valence-corrected chi connectivity index (χ4v) is 5.23. The second kappa shape index (κ2) is 11.0. The molecule has 0 unspecified atom stereocenters. The molecule has 0 saturated heterocycles. The average Bonchev–Trinajstić information content (AvgIpc) is 3.34. The van der Waals surface area contributed by atoms with E-state index in [4.69, 9.17) is 4.74 Å². The van der Waals surface area contributed by atoms with Crippen molar-refractivity contribution in [2.75, 3.05) is 27.2 Å². The average molecular weight is 523 g/mol. The van der Waals surface area contributed by atoms with Crippen molar-refractivity contribution in [2.45, 2.75) is 18.4 Å².